The Morgan fingerprint density at radius 3 is 2.76 bits per heavy atom. The molecule has 2 atom stereocenters. The van der Waals surface area contributed by atoms with E-state index in [1.165, 1.54) is 13.2 Å². The largest absolute Gasteiger partial charge is 0.501 e. The van der Waals surface area contributed by atoms with Crippen molar-refractivity contribution >= 4 is 5.91 Å². The highest BCUT2D eigenvalue weighted by Crippen LogP contribution is 2.35. The second-order valence-corrected chi connectivity index (χ2v) is 4.09. The number of nitrogens with one attached hydrogen (secondary N) is 1. The zero-order valence-electron chi connectivity index (χ0n) is 9.33. The average Bonchev–Trinajstić information content (AvgIpc) is 2.74. The van der Waals surface area contributed by atoms with Crippen LogP contribution >= 0.6 is 0 Å². The summed E-state index contributed by atoms with van der Waals surface area (Å²) in [5.74, 6) is -0.361. The molecule has 0 saturated carbocycles. The molecule has 0 aromatic carbocycles. The second-order valence-electron chi connectivity index (χ2n) is 4.09. The summed E-state index contributed by atoms with van der Waals surface area (Å²) in [6, 6.07) is 0. The molecule has 1 saturated heterocycles. The third kappa shape index (κ3) is 2.25. The lowest BCUT2D eigenvalue weighted by atomic mass is 9.88. The molecular weight excluding hydrogens is 232 g/mol. The van der Waals surface area contributed by atoms with Crippen LogP contribution in [0.3, 0.4) is 0 Å². The second kappa shape index (κ2) is 4.73. The summed E-state index contributed by atoms with van der Waals surface area (Å²) in [7, 11) is 1.39. The van der Waals surface area contributed by atoms with Crippen LogP contribution in [0.4, 0.5) is 8.92 Å². The van der Waals surface area contributed by atoms with Gasteiger partial charge >= 0.3 is 0 Å². The van der Waals surface area contributed by atoms with E-state index in [0.29, 0.717) is 12.3 Å². The Morgan fingerprint density at radius 1 is 1.47 bits per heavy atom. The van der Waals surface area contributed by atoms with Crippen LogP contribution < -0.4 is 5.32 Å². The highest BCUT2D eigenvalue weighted by atomic mass is 19.3. The van der Waals surface area contributed by atoms with Crippen LogP contribution in [-0.2, 0) is 14.5 Å². The van der Waals surface area contributed by atoms with Crippen molar-refractivity contribution in [1.82, 2.24) is 5.32 Å². The predicted molar refractivity (Wildman–Crippen MR) is 54.9 cm³/mol. The SMILES string of the molecule is COC1=CC(OF)=C([C@@H]2CNC(=O)C2)C(F)C1. The number of carbonyl (C=O) groups is 1. The molecule has 1 fully saturated rings. The van der Waals surface area contributed by atoms with Gasteiger partial charge in [-0.3, -0.25) is 9.74 Å². The average molecular weight is 245 g/mol. The van der Waals surface area contributed by atoms with Gasteiger partial charge in [-0.25, -0.2) is 4.39 Å². The predicted octanol–water partition coefficient (Wildman–Crippen LogP) is 1.55. The first kappa shape index (κ1) is 11.9. The Balaban J connectivity index is 2.30. The Bertz CT molecular complexity index is 392. The summed E-state index contributed by atoms with van der Waals surface area (Å²) in [5, 5.41) is 2.59. The van der Waals surface area contributed by atoms with Gasteiger partial charge in [0.25, 0.3) is 0 Å². The molecule has 94 valence electrons. The number of rotatable bonds is 3. The number of amides is 1. The van der Waals surface area contributed by atoms with E-state index in [0.717, 1.165) is 0 Å². The first-order chi connectivity index (χ1) is 8.15. The van der Waals surface area contributed by atoms with Crippen LogP contribution in [0.15, 0.2) is 23.2 Å². The van der Waals surface area contributed by atoms with Crippen LogP contribution in [0, 0.1) is 5.92 Å². The lowest BCUT2D eigenvalue weighted by Crippen LogP contribution is -2.23. The lowest BCUT2D eigenvalue weighted by Gasteiger charge is -2.23. The highest BCUT2D eigenvalue weighted by Gasteiger charge is 2.35. The van der Waals surface area contributed by atoms with Gasteiger partial charge in [0.05, 0.1) is 7.11 Å². The molecule has 17 heavy (non-hydrogen) atoms. The van der Waals surface area contributed by atoms with Gasteiger partial charge in [-0.1, -0.05) is 0 Å². The van der Waals surface area contributed by atoms with Crippen molar-refractivity contribution in [2.24, 2.45) is 5.92 Å². The van der Waals surface area contributed by atoms with Gasteiger partial charge in [-0.05, 0) is 0 Å². The fraction of sp³-hybridized carbons (Fsp3) is 0.545. The molecule has 6 heteroatoms. The summed E-state index contributed by atoms with van der Waals surface area (Å²) >= 11 is 0. The van der Waals surface area contributed by atoms with E-state index in [1.54, 1.807) is 0 Å². The fourth-order valence-corrected chi connectivity index (χ4v) is 2.22. The number of methoxy groups -OCH3 is 1. The van der Waals surface area contributed by atoms with Crippen molar-refractivity contribution in [1.29, 1.82) is 0 Å². The Hall–Kier alpha value is -1.59. The van der Waals surface area contributed by atoms with Crippen LogP contribution in [0.1, 0.15) is 12.8 Å². The van der Waals surface area contributed by atoms with E-state index >= 15 is 0 Å². The summed E-state index contributed by atoms with van der Waals surface area (Å²) in [5.41, 5.74) is 0.201. The van der Waals surface area contributed by atoms with Gasteiger partial charge < -0.3 is 10.1 Å². The van der Waals surface area contributed by atoms with Crippen LogP contribution in [0.25, 0.3) is 0 Å². The molecule has 0 spiro atoms. The van der Waals surface area contributed by atoms with E-state index in [2.05, 4.69) is 10.3 Å². The number of allylic oxidation sites excluding steroid dienone is 2. The topological polar surface area (TPSA) is 47.6 Å². The molecule has 1 amide bonds. The minimum atomic E-state index is -1.38. The third-order valence-corrected chi connectivity index (χ3v) is 3.06. The van der Waals surface area contributed by atoms with E-state index in [9.17, 15) is 13.7 Å². The molecular formula is C11H13F2NO3. The number of hydrogen-bond donors (Lipinski definition) is 1. The monoisotopic (exact) mass is 245 g/mol. The van der Waals surface area contributed by atoms with Gasteiger partial charge in [0.1, 0.15) is 11.9 Å². The minimum absolute atomic E-state index is 0.0450. The Kier molecular flexibility index (Phi) is 3.31. The normalized spacial score (nSPS) is 28.9. The molecule has 1 heterocycles. The van der Waals surface area contributed by atoms with Gasteiger partial charge in [0.15, 0.2) is 5.76 Å². The summed E-state index contributed by atoms with van der Waals surface area (Å²) < 4.78 is 31.3. The van der Waals surface area contributed by atoms with Gasteiger partial charge in [-0.15, -0.1) is 0 Å². The first-order valence-electron chi connectivity index (χ1n) is 5.33. The van der Waals surface area contributed by atoms with Crippen molar-refractivity contribution in [3.05, 3.63) is 23.2 Å². The van der Waals surface area contributed by atoms with Gasteiger partial charge in [0, 0.05) is 41.5 Å². The number of alkyl halides is 1. The quantitative estimate of drug-likeness (QED) is 0.820. The van der Waals surface area contributed by atoms with Crippen molar-refractivity contribution in [3.8, 4) is 0 Å². The zero-order chi connectivity index (χ0) is 12.4. The van der Waals surface area contributed by atoms with Crippen molar-refractivity contribution in [2.45, 2.75) is 19.0 Å². The highest BCUT2D eigenvalue weighted by molar-refractivity contribution is 5.79. The van der Waals surface area contributed by atoms with Crippen molar-refractivity contribution in [2.75, 3.05) is 13.7 Å². The van der Waals surface area contributed by atoms with E-state index in [4.69, 9.17) is 4.74 Å². The molecule has 2 aliphatic rings. The number of hydrogen-bond acceptors (Lipinski definition) is 3. The maximum absolute atomic E-state index is 13.9. The Labute approximate surface area is 97.2 Å². The molecule has 0 aromatic heterocycles. The number of halogens is 2. The van der Waals surface area contributed by atoms with Crippen LogP contribution in [-0.4, -0.2) is 25.7 Å². The summed E-state index contributed by atoms with van der Waals surface area (Å²) in [6.45, 7) is 0.317. The smallest absolute Gasteiger partial charge is 0.220 e. The molecule has 1 unspecified atom stereocenters. The zero-order valence-corrected chi connectivity index (χ0v) is 9.33. The van der Waals surface area contributed by atoms with Crippen LogP contribution in [0.5, 0.6) is 0 Å². The first-order valence-corrected chi connectivity index (χ1v) is 5.33. The molecule has 4 nitrogen and oxygen atoms in total. The molecule has 0 radical (unpaired) electrons. The van der Waals surface area contributed by atoms with E-state index < -0.39 is 6.17 Å². The van der Waals surface area contributed by atoms with Crippen LogP contribution in [0.2, 0.25) is 0 Å². The van der Waals surface area contributed by atoms with E-state index in [-0.39, 0.29) is 36.0 Å². The lowest BCUT2D eigenvalue weighted by molar-refractivity contribution is -0.119. The van der Waals surface area contributed by atoms with Gasteiger partial charge in [-0.2, -0.15) is 0 Å². The van der Waals surface area contributed by atoms with Gasteiger partial charge in [0.2, 0.25) is 5.91 Å². The number of carbonyl (C=O) groups excluding carboxylic acids is 1. The molecule has 1 N–H and O–H groups in total. The molecule has 1 aliphatic heterocycles. The standard InChI is InChI=1S/C11H13F2NO3/c1-16-7-3-8(12)11(9(4-7)17-13)6-2-10(15)14-5-6/h4,6,8H,2-3,5H2,1H3,(H,14,15)/t6-,8?/m0/s1. The maximum atomic E-state index is 13.9. The number of ether oxygens (including phenoxy) is 1. The summed E-state index contributed by atoms with van der Waals surface area (Å²) in [6.07, 6.45) is 0.162. The summed E-state index contributed by atoms with van der Waals surface area (Å²) in [4.78, 5) is 14.8. The van der Waals surface area contributed by atoms with Crippen molar-refractivity contribution < 1.29 is 23.4 Å². The Morgan fingerprint density at radius 2 is 2.24 bits per heavy atom. The minimum Gasteiger partial charge on any atom is -0.501 e. The molecule has 1 aliphatic carbocycles. The van der Waals surface area contributed by atoms with E-state index in [1.807, 2.05) is 0 Å². The van der Waals surface area contributed by atoms with Crippen molar-refractivity contribution in [3.63, 3.8) is 0 Å². The molecule has 0 aromatic rings. The fourth-order valence-electron chi connectivity index (χ4n) is 2.22. The third-order valence-electron chi connectivity index (χ3n) is 3.06. The molecule has 2 rings (SSSR count). The maximum Gasteiger partial charge on any atom is 0.220 e. The molecule has 0 bridgehead atoms.